The fourth-order valence-electron chi connectivity index (χ4n) is 2.18. The number of hydrogen-bond acceptors (Lipinski definition) is 3. The van der Waals surface area contributed by atoms with Crippen molar-refractivity contribution in [3.05, 3.63) is 0 Å². The molecule has 0 heterocycles. The van der Waals surface area contributed by atoms with Crippen LogP contribution >= 0.6 is 0 Å². The zero-order valence-corrected chi connectivity index (χ0v) is 12.5. The van der Waals surface area contributed by atoms with E-state index >= 15 is 0 Å². The number of nitrogens with one attached hydrogen (secondary N) is 1. The highest BCUT2D eigenvalue weighted by Crippen LogP contribution is 2.17. The second-order valence-electron chi connectivity index (χ2n) is 6.22. The van der Waals surface area contributed by atoms with Crippen molar-refractivity contribution in [1.29, 1.82) is 0 Å². The zero-order chi connectivity index (χ0) is 13.6. The maximum absolute atomic E-state index is 11.7. The maximum Gasteiger partial charge on any atom is 0.325 e. The van der Waals surface area contributed by atoms with Crippen LogP contribution in [0.5, 0.6) is 0 Å². The standard InChI is InChI=1S/C14H29NO2/c1-10(2)8-12(9-11(3)4)15-14(5,6)13(16)17-7/h10-12,15H,8-9H2,1-7H3. The van der Waals surface area contributed by atoms with Crippen LogP contribution in [-0.2, 0) is 9.53 Å². The van der Waals surface area contributed by atoms with Crippen LogP contribution in [0.15, 0.2) is 0 Å². The van der Waals surface area contributed by atoms with Crippen molar-refractivity contribution in [3.63, 3.8) is 0 Å². The largest absolute Gasteiger partial charge is 0.468 e. The van der Waals surface area contributed by atoms with Gasteiger partial charge in [0.2, 0.25) is 0 Å². The molecule has 0 aliphatic carbocycles. The van der Waals surface area contributed by atoms with E-state index in [1.54, 1.807) is 0 Å². The molecule has 0 aromatic heterocycles. The van der Waals surface area contributed by atoms with Gasteiger partial charge in [-0.05, 0) is 38.5 Å². The molecule has 0 saturated heterocycles. The third-order valence-electron chi connectivity index (χ3n) is 2.77. The van der Waals surface area contributed by atoms with Crippen LogP contribution < -0.4 is 5.32 Å². The number of hydrogen-bond donors (Lipinski definition) is 1. The van der Waals surface area contributed by atoms with Gasteiger partial charge in [0.05, 0.1) is 7.11 Å². The molecule has 0 fully saturated rings. The molecular weight excluding hydrogens is 214 g/mol. The summed E-state index contributed by atoms with van der Waals surface area (Å²) in [7, 11) is 1.44. The van der Waals surface area contributed by atoms with E-state index in [0.717, 1.165) is 12.8 Å². The van der Waals surface area contributed by atoms with Gasteiger partial charge in [0, 0.05) is 6.04 Å². The molecule has 0 rings (SSSR count). The Morgan fingerprint density at radius 2 is 1.53 bits per heavy atom. The molecule has 0 unspecified atom stereocenters. The summed E-state index contributed by atoms with van der Waals surface area (Å²) >= 11 is 0. The molecule has 3 nitrogen and oxygen atoms in total. The lowest BCUT2D eigenvalue weighted by atomic mass is 9.93. The predicted molar refractivity (Wildman–Crippen MR) is 71.9 cm³/mol. The molecule has 0 amide bonds. The number of ether oxygens (including phenoxy) is 1. The lowest BCUT2D eigenvalue weighted by Gasteiger charge is -2.31. The van der Waals surface area contributed by atoms with Crippen molar-refractivity contribution in [2.24, 2.45) is 11.8 Å². The topological polar surface area (TPSA) is 38.3 Å². The molecule has 1 N–H and O–H groups in total. The Morgan fingerprint density at radius 1 is 1.12 bits per heavy atom. The first-order valence-corrected chi connectivity index (χ1v) is 6.55. The monoisotopic (exact) mass is 243 g/mol. The summed E-state index contributed by atoms with van der Waals surface area (Å²) in [6.45, 7) is 12.6. The van der Waals surface area contributed by atoms with Gasteiger partial charge in [-0.2, -0.15) is 0 Å². The molecule has 0 aromatic rings. The second-order valence-corrected chi connectivity index (χ2v) is 6.22. The first-order valence-electron chi connectivity index (χ1n) is 6.55. The number of carbonyl (C=O) groups is 1. The molecule has 0 atom stereocenters. The summed E-state index contributed by atoms with van der Waals surface area (Å²) in [5.74, 6) is 1.05. The van der Waals surface area contributed by atoms with Crippen LogP contribution in [0.25, 0.3) is 0 Å². The molecule has 3 heteroatoms. The van der Waals surface area contributed by atoms with Gasteiger partial charge in [0.1, 0.15) is 5.54 Å². The predicted octanol–water partition coefficient (Wildman–Crippen LogP) is 2.99. The molecule has 0 radical (unpaired) electrons. The summed E-state index contributed by atoms with van der Waals surface area (Å²) < 4.78 is 4.82. The van der Waals surface area contributed by atoms with Gasteiger partial charge in [-0.15, -0.1) is 0 Å². The van der Waals surface area contributed by atoms with Gasteiger partial charge >= 0.3 is 5.97 Å². The highest BCUT2D eigenvalue weighted by molar-refractivity contribution is 5.79. The van der Waals surface area contributed by atoms with Crippen LogP contribution in [0.1, 0.15) is 54.4 Å². The minimum absolute atomic E-state index is 0.199. The zero-order valence-electron chi connectivity index (χ0n) is 12.5. The van der Waals surface area contributed by atoms with Gasteiger partial charge in [-0.1, -0.05) is 27.7 Å². The molecular formula is C14H29NO2. The van der Waals surface area contributed by atoms with Gasteiger partial charge in [-0.25, -0.2) is 0 Å². The Hall–Kier alpha value is -0.570. The van der Waals surface area contributed by atoms with Crippen LogP contribution in [0.3, 0.4) is 0 Å². The Kier molecular flexibility index (Phi) is 6.76. The number of esters is 1. The van der Waals surface area contributed by atoms with Crippen LogP contribution in [0.4, 0.5) is 0 Å². The minimum atomic E-state index is -0.608. The normalized spacial score (nSPS) is 12.6. The van der Waals surface area contributed by atoms with E-state index in [2.05, 4.69) is 33.0 Å². The van der Waals surface area contributed by atoms with E-state index in [4.69, 9.17) is 4.74 Å². The molecule has 0 saturated carbocycles. The van der Waals surface area contributed by atoms with Crippen LogP contribution in [0.2, 0.25) is 0 Å². The first kappa shape index (κ1) is 16.4. The van der Waals surface area contributed by atoms with Crippen molar-refractivity contribution in [3.8, 4) is 0 Å². The molecule has 102 valence electrons. The van der Waals surface area contributed by atoms with Crippen molar-refractivity contribution in [1.82, 2.24) is 5.32 Å². The summed E-state index contributed by atoms with van der Waals surface area (Å²) in [6, 6.07) is 0.365. The first-order chi connectivity index (χ1) is 7.69. The highest BCUT2D eigenvalue weighted by Gasteiger charge is 2.31. The molecule has 17 heavy (non-hydrogen) atoms. The molecule has 0 aliphatic heterocycles. The average Bonchev–Trinajstić information content (AvgIpc) is 2.13. The Bertz CT molecular complexity index is 224. The van der Waals surface area contributed by atoms with E-state index < -0.39 is 5.54 Å². The third-order valence-corrected chi connectivity index (χ3v) is 2.77. The van der Waals surface area contributed by atoms with Gasteiger partial charge < -0.3 is 4.74 Å². The summed E-state index contributed by atoms with van der Waals surface area (Å²) in [4.78, 5) is 11.7. The summed E-state index contributed by atoms with van der Waals surface area (Å²) in [5, 5.41) is 3.43. The third kappa shape index (κ3) is 6.67. The lowest BCUT2D eigenvalue weighted by molar-refractivity contribution is -0.147. The number of methoxy groups -OCH3 is 1. The van der Waals surface area contributed by atoms with Crippen molar-refractivity contribution < 1.29 is 9.53 Å². The quantitative estimate of drug-likeness (QED) is 0.699. The molecule has 0 spiro atoms. The Balaban J connectivity index is 4.55. The van der Waals surface area contributed by atoms with Gasteiger partial charge in [-0.3, -0.25) is 10.1 Å². The van der Waals surface area contributed by atoms with Crippen LogP contribution in [0, 0.1) is 11.8 Å². The Labute approximate surface area is 106 Å². The SMILES string of the molecule is COC(=O)C(C)(C)NC(CC(C)C)CC(C)C. The summed E-state index contributed by atoms with van der Waals surface area (Å²) in [6.07, 6.45) is 2.16. The second kappa shape index (κ2) is 7.00. The van der Waals surface area contributed by atoms with E-state index in [1.807, 2.05) is 13.8 Å². The molecule has 0 bridgehead atoms. The van der Waals surface area contributed by atoms with E-state index in [-0.39, 0.29) is 5.97 Å². The fourth-order valence-corrected chi connectivity index (χ4v) is 2.18. The fraction of sp³-hybridized carbons (Fsp3) is 0.929. The number of rotatable bonds is 7. The number of carbonyl (C=O) groups excluding carboxylic acids is 1. The van der Waals surface area contributed by atoms with Crippen LogP contribution in [-0.4, -0.2) is 24.7 Å². The average molecular weight is 243 g/mol. The van der Waals surface area contributed by atoms with E-state index in [0.29, 0.717) is 17.9 Å². The molecule has 0 aliphatic rings. The van der Waals surface area contributed by atoms with Crippen molar-refractivity contribution >= 4 is 5.97 Å². The van der Waals surface area contributed by atoms with E-state index in [9.17, 15) is 4.79 Å². The smallest absolute Gasteiger partial charge is 0.325 e. The van der Waals surface area contributed by atoms with Crippen molar-refractivity contribution in [2.75, 3.05) is 7.11 Å². The Morgan fingerprint density at radius 3 is 1.82 bits per heavy atom. The maximum atomic E-state index is 11.7. The van der Waals surface area contributed by atoms with Gasteiger partial charge in [0.25, 0.3) is 0 Å². The van der Waals surface area contributed by atoms with Crippen molar-refractivity contribution in [2.45, 2.75) is 66.0 Å². The minimum Gasteiger partial charge on any atom is -0.468 e. The lowest BCUT2D eigenvalue weighted by Crippen LogP contribution is -2.52. The highest BCUT2D eigenvalue weighted by atomic mass is 16.5. The molecule has 0 aromatic carbocycles. The van der Waals surface area contributed by atoms with E-state index in [1.165, 1.54) is 7.11 Å². The summed E-state index contributed by atoms with van der Waals surface area (Å²) in [5.41, 5.74) is -0.608. The van der Waals surface area contributed by atoms with Gasteiger partial charge in [0.15, 0.2) is 0 Å².